The zero-order valence-electron chi connectivity index (χ0n) is 16.9. The van der Waals surface area contributed by atoms with Gasteiger partial charge in [0.25, 0.3) is 0 Å². The molecule has 0 saturated carbocycles. The molecular weight excluding hydrogens is 366 g/mol. The number of nitrogen functional groups attached to an aromatic ring is 1. The Hall–Kier alpha value is -2.64. The Labute approximate surface area is 171 Å². The van der Waals surface area contributed by atoms with Crippen LogP contribution in [-0.2, 0) is 13.1 Å². The Morgan fingerprint density at radius 1 is 1.07 bits per heavy atom. The summed E-state index contributed by atoms with van der Waals surface area (Å²) in [5.74, 6) is 0.385. The molecule has 7 nitrogen and oxygen atoms in total. The lowest BCUT2D eigenvalue weighted by Crippen LogP contribution is -2.18. The smallest absolute Gasteiger partial charge is 0.320 e. The largest absolute Gasteiger partial charge is 0.461 e. The summed E-state index contributed by atoms with van der Waals surface area (Å²) in [6.45, 7) is 6.19. The second-order valence-electron chi connectivity index (χ2n) is 7.75. The molecule has 0 bridgehead atoms. The number of likely N-dealkylation sites (tertiary alicyclic amines) is 1. The van der Waals surface area contributed by atoms with E-state index in [1.54, 1.807) is 0 Å². The van der Waals surface area contributed by atoms with Crippen LogP contribution in [0.15, 0.2) is 36.5 Å². The highest BCUT2D eigenvalue weighted by atomic mass is 16.5. The molecule has 1 saturated heterocycles. The van der Waals surface area contributed by atoms with Crippen LogP contribution < -0.4 is 10.5 Å². The van der Waals surface area contributed by atoms with E-state index in [1.165, 1.54) is 37.1 Å². The van der Waals surface area contributed by atoms with E-state index in [-0.39, 0.29) is 12.6 Å². The Kier molecular flexibility index (Phi) is 5.97. The summed E-state index contributed by atoms with van der Waals surface area (Å²) in [5, 5.41) is 10.5. The van der Waals surface area contributed by atoms with Crippen molar-refractivity contribution in [3.63, 3.8) is 0 Å². The fourth-order valence-corrected chi connectivity index (χ4v) is 3.69. The number of aliphatic hydroxyl groups is 1. The number of anilines is 1. The number of nitrogens with zero attached hydrogens (tertiary/aromatic N) is 4. The third-order valence-corrected chi connectivity index (χ3v) is 5.48. The predicted octanol–water partition coefficient (Wildman–Crippen LogP) is 2.81. The lowest BCUT2D eigenvalue weighted by atomic mass is 10.1. The van der Waals surface area contributed by atoms with Gasteiger partial charge in [-0.1, -0.05) is 31.2 Å². The molecule has 3 aromatic rings. The molecule has 1 fully saturated rings. The van der Waals surface area contributed by atoms with Crippen molar-refractivity contribution in [1.82, 2.24) is 19.4 Å². The highest BCUT2D eigenvalue weighted by Gasteiger charge is 2.13. The molecule has 154 valence electrons. The second kappa shape index (κ2) is 8.80. The third-order valence-electron chi connectivity index (χ3n) is 5.48. The number of aliphatic hydroxyl groups excluding tert-OH is 1. The number of ether oxygens (including phenoxy) is 1. The van der Waals surface area contributed by atoms with Crippen molar-refractivity contribution in [2.45, 2.75) is 45.4 Å². The molecule has 29 heavy (non-hydrogen) atoms. The molecule has 1 aliphatic rings. The maximum Gasteiger partial charge on any atom is 0.320 e. The number of benzene rings is 1. The van der Waals surface area contributed by atoms with Crippen molar-refractivity contribution >= 4 is 16.9 Å². The van der Waals surface area contributed by atoms with Gasteiger partial charge < -0.3 is 20.1 Å². The van der Waals surface area contributed by atoms with Crippen LogP contribution in [0.4, 0.5) is 5.82 Å². The highest BCUT2D eigenvalue weighted by molar-refractivity contribution is 5.86. The van der Waals surface area contributed by atoms with Gasteiger partial charge >= 0.3 is 6.01 Å². The SMILES string of the molecule is CCC(O)COc1nc(N)c2ccn(Cc3ccc(CN4CCCC4)cc3)c2n1. The van der Waals surface area contributed by atoms with E-state index in [9.17, 15) is 5.11 Å². The summed E-state index contributed by atoms with van der Waals surface area (Å²) in [6.07, 6.45) is 4.67. The zero-order valence-corrected chi connectivity index (χ0v) is 16.9. The van der Waals surface area contributed by atoms with E-state index in [4.69, 9.17) is 10.5 Å². The molecule has 0 aliphatic carbocycles. The average Bonchev–Trinajstić information content (AvgIpc) is 3.38. The lowest BCUT2D eigenvalue weighted by Gasteiger charge is -2.15. The minimum atomic E-state index is -0.540. The first kappa shape index (κ1) is 19.7. The number of hydrogen-bond acceptors (Lipinski definition) is 6. The van der Waals surface area contributed by atoms with Crippen LogP contribution in [-0.4, -0.2) is 50.3 Å². The van der Waals surface area contributed by atoms with Gasteiger partial charge in [-0.05, 0) is 49.5 Å². The Morgan fingerprint density at radius 3 is 2.45 bits per heavy atom. The first-order valence-electron chi connectivity index (χ1n) is 10.4. The zero-order chi connectivity index (χ0) is 20.2. The van der Waals surface area contributed by atoms with Crippen LogP contribution in [0.5, 0.6) is 6.01 Å². The Morgan fingerprint density at radius 2 is 1.76 bits per heavy atom. The molecular formula is C22H29N5O2. The van der Waals surface area contributed by atoms with Crippen LogP contribution in [0.25, 0.3) is 11.0 Å². The number of hydrogen-bond donors (Lipinski definition) is 2. The number of rotatable bonds is 8. The van der Waals surface area contributed by atoms with Gasteiger partial charge in [0.15, 0.2) is 0 Å². The summed E-state index contributed by atoms with van der Waals surface area (Å²) in [5.41, 5.74) is 9.38. The summed E-state index contributed by atoms with van der Waals surface area (Å²) in [6, 6.07) is 10.9. The normalized spacial score (nSPS) is 15.8. The van der Waals surface area contributed by atoms with Gasteiger partial charge in [-0.2, -0.15) is 9.97 Å². The highest BCUT2D eigenvalue weighted by Crippen LogP contribution is 2.23. The standard InChI is InChI=1S/C22H29N5O2/c1-2-18(28)15-29-22-24-20(23)19-9-12-27(21(19)25-22)14-17-7-5-16(6-8-17)13-26-10-3-4-11-26/h5-9,12,18,28H,2-4,10-11,13-15H2,1H3,(H2,23,24,25). The van der Waals surface area contributed by atoms with E-state index < -0.39 is 6.10 Å². The minimum absolute atomic E-state index is 0.153. The maximum atomic E-state index is 9.70. The number of fused-ring (bicyclic) bond motifs is 1. The molecule has 0 spiro atoms. The number of aromatic nitrogens is 3. The summed E-state index contributed by atoms with van der Waals surface area (Å²) in [4.78, 5) is 11.2. The van der Waals surface area contributed by atoms with Gasteiger partial charge in [-0.25, -0.2) is 0 Å². The van der Waals surface area contributed by atoms with E-state index in [2.05, 4.69) is 39.1 Å². The van der Waals surface area contributed by atoms with E-state index in [0.29, 0.717) is 18.8 Å². The first-order chi connectivity index (χ1) is 14.1. The molecule has 3 heterocycles. The second-order valence-corrected chi connectivity index (χ2v) is 7.75. The molecule has 3 N–H and O–H groups in total. The maximum absolute atomic E-state index is 9.70. The van der Waals surface area contributed by atoms with Crippen molar-refractivity contribution < 1.29 is 9.84 Å². The third kappa shape index (κ3) is 4.68. The molecule has 0 amide bonds. The molecule has 2 aromatic heterocycles. The predicted molar refractivity (Wildman–Crippen MR) is 114 cm³/mol. The van der Waals surface area contributed by atoms with Gasteiger partial charge in [0.2, 0.25) is 0 Å². The van der Waals surface area contributed by atoms with Gasteiger partial charge in [-0.3, -0.25) is 4.90 Å². The van der Waals surface area contributed by atoms with Gasteiger partial charge in [0, 0.05) is 19.3 Å². The summed E-state index contributed by atoms with van der Waals surface area (Å²) >= 11 is 0. The monoisotopic (exact) mass is 395 g/mol. The van der Waals surface area contributed by atoms with Crippen molar-refractivity contribution in [3.05, 3.63) is 47.7 Å². The van der Waals surface area contributed by atoms with Crippen LogP contribution in [0, 0.1) is 0 Å². The molecule has 4 rings (SSSR count). The first-order valence-corrected chi connectivity index (χ1v) is 10.4. The van der Waals surface area contributed by atoms with Crippen LogP contribution >= 0.6 is 0 Å². The molecule has 7 heteroatoms. The molecule has 1 aliphatic heterocycles. The summed E-state index contributed by atoms with van der Waals surface area (Å²) in [7, 11) is 0. The van der Waals surface area contributed by atoms with Crippen LogP contribution in [0.1, 0.15) is 37.3 Å². The fraction of sp³-hybridized carbons (Fsp3) is 0.455. The molecule has 1 unspecified atom stereocenters. The van der Waals surface area contributed by atoms with Crippen LogP contribution in [0.3, 0.4) is 0 Å². The van der Waals surface area contributed by atoms with Crippen LogP contribution in [0.2, 0.25) is 0 Å². The van der Waals surface area contributed by atoms with Crippen molar-refractivity contribution in [2.24, 2.45) is 0 Å². The molecule has 0 radical (unpaired) electrons. The topological polar surface area (TPSA) is 89.4 Å². The van der Waals surface area contributed by atoms with Crippen molar-refractivity contribution in [2.75, 3.05) is 25.4 Å². The minimum Gasteiger partial charge on any atom is -0.461 e. The molecule has 1 atom stereocenters. The van der Waals surface area contributed by atoms with E-state index >= 15 is 0 Å². The average molecular weight is 396 g/mol. The van der Waals surface area contributed by atoms with Crippen molar-refractivity contribution in [1.29, 1.82) is 0 Å². The summed E-state index contributed by atoms with van der Waals surface area (Å²) < 4.78 is 7.58. The quantitative estimate of drug-likeness (QED) is 0.610. The van der Waals surface area contributed by atoms with Gasteiger partial charge in [0.1, 0.15) is 18.1 Å². The fourth-order valence-electron chi connectivity index (χ4n) is 3.69. The van der Waals surface area contributed by atoms with Gasteiger partial charge in [0.05, 0.1) is 11.5 Å². The van der Waals surface area contributed by atoms with E-state index in [1.807, 2.05) is 23.8 Å². The van der Waals surface area contributed by atoms with Gasteiger partial charge in [-0.15, -0.1) is 0 Å². The Balaban J connectivity index is 1.49. The Bertz CT molecular complexity index is 948. The molecule has 1 aromatic carbocycles. The lowest BCUT2D eigenvalue weighted by molar-refractivity contribution is 0.0992. The van der Waals surface area contributed by atoms with E-state index in [0.717, 1.165) is 17.6 Å². The van der Waals surface area contributed by atoms with Crippen molar-refractivity contribution in [3.8, 4) is 6.01 Å². The number of nitrogens with two attached hydrogens (primary N) is 1.